The highest BCUT2D eigenvalue weighted by atomic mass is 14.9. The molecule has 1 N–H and O–H groups in total. The Morgan fingerprint density at radius 1 is 1.05 bits per heavy atom. The predicted octanol–water partition coefficient (Wildman–Crippen LogP) is 4.60. The Hall–Kier alpha value is -0.820. The summed E-state index contributed by atoms with van der Waals surface area (Å²) in [6.07, 6.45) is 4.72. The van der Waals surface area contributed by atoms with Gasteiger partial charge in [-0.05, 0) is 55.7 Å². The molecule has 0 bridgehead atoms. The molecule has 1 nitrogen and oxygen atoms in total. The van der Waals surface area contributed by atoms with E-state index >= 15 is 0 Å². The van der Waals surface area contributed by atoms with Crippen molar-refractivity contribution in [2.45, 2.75) is 66.3 Å². The van der Waals surface area contributed by atoms with Gasteiger partial charge in [0.2, 0.25) is 0 Å². The Bertz CT molecular complexity index is 350. The summed E-state index contributed by atoms with van der Waals surface area (Å²) < 4.78 is 0. The topological polar surface area (TPSA) is 12.0 Å². The Morgan fingerprint density at radius 2 is 1.63 bits per heavy atom. The number of aryl methyl sites for hydroxylation is 1. The lowest BCUT2D eigenvalue weighted by atomic mass is 9.80. The summed E-state index contributed by atoms with van der Waals surface area (Å²) in [5, 5.41) is 3.59. The van der Waals surface area contributed by atoms with Crippen LogP contribution in [0.1, 0.15) is 58.6 Å². The van der Waals surface area contributed by atoms with Gasteiger partial charge in [0.1, 0.15) is 0 Å². The first-order valence-electron chi connectivity index (χ1n) is 7.78. The van der Waals surface area contributed by atoms with Gasteiger partial charge in [0, 0.05) is 6.04 Å². The molecule has 0 amide bonds. The van der Waals surface area contributed by atoms with E-state index in [1.165, 1.54) is 24.0 Å². The van der Waals surface area contributed by atoms with E-state index in [2.05, 4.69) is 64.2 Å². The minimum Gasteiger partial charge on any atom is -0.314 e. The van der Waals surface area contributed by atoms with Gasteiger partial charge >= 0.3 is 0 Å². The third-order valence-corrected chi connectivity index (χ3v) is 3.72. The van der Waals surface area contributed by atoms with Gasteiger partial charge in [-0.15, -0.1) is 0 Å². The molecular weight excluding hydrogens is 230 g/mol. The minimum absolute atomic E-state index is 0.355. The molecule has 1 rings (SSSR count). The van der Waals surface area contributed by atoms with Gasteiger partial charge in [-0.3, -0.25) is 0 Å². The monoisotopic (exact) mass is 261 g/mol. The van der Waals surface area contributed by atoms with Crippen molar-refractivity contribution < 1.29 is 0 Å². The Morgan fingerprint density at radius 3 is 2.16 bits per heavy atom. The zero-order chi connectivity index (χ0) is 14.3. The number of hydrogen-bond acceptors (Lipinski definition) is 1. The van der Waals surface area contributed by atoms with Crippen LogP contribution in [0, 0.1) is 5.41 Å². The molecule has 0 aliphatic carbocycles. The van der Waals surface area contributed by atoms with Crippen molar-refractivity contribution in [3.63, 3.8) is 0 Å². The molecule has 0 fully saturated rings. The fraction of sp³-hybridized carbons (Fsp3) is 0.667. The number of rotatable bonds is 8. The van der Waals surface area contributed by atoms with E-state index in [4.69, 9.17) is 0 Å². The molecule has 0 aromatic heterocycles. The lowest BCUT2D eigenvalue weighted by molar-refractivity contribution is 0.287. The summed E-state index contributed by atoms with van der Waals surface area (Å²) in [7, 11) is 0. The van der Waals surface area contributed by atoms with E-state index in [1.807, 2.05) is 0 Å². The number of nitrogens with one attached hydrogen (secondary N) is 1. The normalized spacial score (nSPS) is 13.5. The Kier molecular flexibility index (Phi) is 6.57. The zero-order valence-corrected chi connectivity index (χ0v) is 13.4. The van der Waals surface area contributed by atoms with Crippen LogP contribution < -0.4 is 5.32 Å². The van der Waals surface area contributed by atoms with Gasteiger partial charge in [0.15, 0.2) is 0 Å². The highest BCUT2D eigenvalue weighted by molar-refractivity contribution is 5.23. The predicted molar refractivity (Wildman–Crippen MR) is 85.7 cm³/mol. The molecule has 1 heteroatoms. The van der Waals surface area contributed by atoms with E-state index in [9.17, 15) is 0 Å². The van der Waals surface area contributed by atoms with Gasteiger partial charge in [-0.25, -0.2) is 0 Å². The summed E-state index contributed by atoms with van der Waals surface area (Å²) in [4.78, 5) is 0. The fourth-order valence-corrected chi connectivity index (χ4v) is 2.81. The first kappa shape index (κ1) is 16.2. The molecular formula is C18H31N. The summed E-state index contributed by atoms with van der Waals surface area (Å²) in [6, 6.07) is 9.73. The van der Waals surface area contributed by atoms with Crippen LogP contribution in [-0.2, 0) is 12.8 Å². The van der Waals surface area contributed by atoms with Crippen LogP contribution in [0.4, 0.5) is 0 Å². The van der Waals surface area contributed by atoms with Gasteiger partial charge < -0.3 is 5.32 Å². The van der Waals surface area contributed by atoms with Gasteiger partial charge in [0.05, 0.1) is 0 Å². The SMILES string of the molecule is CCCNC(C)CC(C)(C)Cc1ccc(CC)cc1. The molecule has 1 aromatic rings. The zero-order valence-electron chi connectivity index (χ0n) is 13.4. The van der Waals surface area contributed by atoms with Crippen LogP contribution in [0.2, 0.25) is 0 Å². The molecule has 0 heterocycles. The van der Waals surface area contributed by atoms with Crippen molar-refractivity contribution in [1.82, 2.24) is 5.32 Å². The second-order valence-electron chi connectivity index (χ2n) is 6.57. The third-order valence-electron chi connectivity index (χ3n) is 3.72. The average Bonchev–Trinajstić information content (AvgIpc) is 2.36. The maximum atomic E-state index is 3.59. The molecule has 1 atom stereocenters. The van der Waals surface area contributed by atoms with Crippen molar-refractivity contribution >= 4 is 0 Å². The molecule has 0 saturated carbocycles. The summed E-state index contributed by atoms with van der Waals surface area (Å²) in [5.74, 6) is 0. The molecule has 19 heavy (non-hydrogen) atoms. The molecule has 108 valence electrons. The highest BCUT2D eigenvalue weighted by Crippen LogP contribution is 2.27. The standard InChI is InChI=1S/C18H31N/c1-6-12-19-15(3)13-18(4,5)14-17-10-8-16(7-2)9-11-17/h8-11,15,19H,6-7,12-14H2,1-5H3. The van der Waals surface area contributed by atoms with Crippen molar-refractivity contribution in [3.8, 4) is 0 Å². The van der Waals surface area contributed by atoms with E-state index in [0.717, 1.165) is 19.4 Å². The van der Waals surface area contributed by atoms with Gasteiger partial charge in [0.25, 0.3) is 0 Å². The average molecular weight is 261 g/mol. The van der Waals surface area contributed by atoms with Gasteiger partial charge in [-0.2, -0.15) is 0 Å². The Labute approximate surface area is 119 Å². The number of benzene rings is 1. The van der Waals surface area contributed by atoms with Crippen molar-refractivity contribution in [3.05, 3.63) is 35.4 Å². The first-order valence-corrected chi connectivity index (χ1v) is 7.78. The van der Waals surface area contributed by atoms with E-state index in [1.54, 1.807) is 0 Å². The second kappa shape index (κ2) is 7.69. The maximum Gasteiger partial charge on any atom is 0.00439 e. The largest absolute Gasteiger partial charge is 0.314 e. The molecule has 1 unspecified atom stereocenters. The van der Waals surface area contributed by atoms with E-state index in [-0.39, 0.29) is 0 Å². The molecule has 0 saturated heterocycles. The smallest absolute Gasteiger partial charge is 0.00439 e. The van der Waals surface area contributed by atoms with Crippen molar-refractivity contribution in [2.24, 2.45) is 5.41 Å². The van der Waals surface area contributed by atoms with E-state index in [0.29, 0.717) is 11.5 Å². The quantitative estimate of drug-likeness (QED) is 0.721. The van der Waals surface area contributed by atoms with Crippen LogP contribution in [0.3, 0.4) is 0 Å². The molecule has 0 aliphatic rings. The van der Waals surface area contributed by atoms with Crippen LogP contribution in [-0.4, -0.2) is 12.6 Å². The third kappa shape index (κ3) is 6.24. The lowest BCUT2D eigenvalue weighted by Gasteiger charge is -2.29. The summed E-state index contributed by atoms with van der Waals surface area (Å²) in [6.45, 7) is 12.6. The van der Waals surface area contributed by atoms with E-state index < -0.39 is 0 Å². The van der Waals surface area contributed by atoms with Crippen LogP contribution in [0.15, 0.2) is 24.3 Å². The lowest BCUT2D eigenvalue weighted by Crippen LogP contribution is -2.32. The van der Waals surface area contributed by atoms with Gasteiger partial charge in [-0.1, -0.05) is 52.0 Å². The van der Waals surface area contributed by atoms with Crippen molar-refractivity contribution in [1.29, 1.82) is 0 Å². The van der Waals surface area contributed by atoms with Crippen LogP contribution in [0.25, 0.3) is 0 Å². The number of hydrogen-bond donors (Lipinski definition) is 1. The highest BCUT2D eigenvalue weighted by Gasteiger charge is 2.21. The second-order valence-corrected chi connectivity index (χ2v) is 6.57. The van der Waals surface area contributed by atoms with Crippen LogP contribution in [0.5, 0.6) is 0 Å². The minimum atomic E-state index is 0.355. The summed E-state index contributed by atoms with van der Waals surface area (Å²) >= 11 is 0. The molecule has 0 spiro atoms. The maximum absolute atomic E-state index is 3.59. The molecule has 1 aromatic carbocycles. The van der Waals surface area contributed by atoms with Crippen molar-refractivity contribution in [2.75, 3.05) is 6.54 Å². The molecule has 0 aliphatic heterocycles. The molecule has 0 radical (unpaired) electrons. The fourth-order valence-electron chi connectivity index (χ4n) is 2.81. The first-order chi connectivity index (χ1) is 8.96. The Balaban J connectivity index is 2.52. The van der Waals surface area contributed by atoms with Crippen LogP contribution >= 0.6 is 0 Å². The summed E-state index contributed by atoms with van der Waals surface area (Å²) in [5.41, 5.74) is 3.25.